The van der Waals surface area contributed by atoms with E-state index < -0.39 is 10.0 Å². The normalized spacial score (nSPS) is 15.3. The number of carbonyl (C=O) groups excluding carboxylic acids is 2. The summed E-state index contributed by atoms with van der Waals surface area (Å²) in [4.78, 5) is 26.2. The van der Waals surface area contributed by atoms with Gasteiger partial charge in [-0.1, -0.05) is 22.9 Å². The highest BCUT2D eigenvalue weighted by atomic mass is 32.2. The van der Waals surface area contributed by atoms with Crippen LogP contribution in [0.5, 0.6) is 0 Å². The van der Waals surface area contributed by atoms with Crippen LogP contribution < -0.4 is 5.32 Å². The molecule has 3 rings (SSSR count). The molecular formula is C19H24N4O5S. The molecule has 29 heavy (non-hydrogen) atoms. The summed E-state index contributed by atoms with van der Waals surface area (Å²) in [6.45, 7) is 5.78. The average molecular weight is 420 g/mol. The number of nitrogens with zero attached hydrogens (tertiary/aromatic N) is 3. The van der Waals surface area contributed by atoms with Gasteiger partial charge in [-0.05, 0) is 32.9 Å². The Labute approximate surface area is 169 Å². The molecule has 0 bridgehead atoms. The van der Waals surface area contributed by atoms with Crippen molar-refractivity contribution in [3.63, 3.8) is 0 Å². The molecule has 1 aromatic carbocycles. The number of nitrogens with one attached hydrogen (secondary N) is 1. The quantitative estimate of drug-likeness (QED) is 0.768. The number of sulfonamides is 1. The highest BCUT2D eigenvalue weighted by Gasteiger charge is 2.34. The maximum absolute atomic E-state index is 12.8. The average Bonchev–Trinajstić information content (AvgIpc) is 3.05. The van der Waals surface area contributed by atoms with E-state index in [1.807, 2.05) is 19.1 Å². The summed E-state index contributed by atoms with van der Waals surface area (Å²) in [5.41, 5.74) is 1.85. The Morgan fingerprint density at radius 2 is 1.69 bits per heavy atom. The van der Waals surface area contributed by atoms with Crippen molar-refractivity contribution in [3.8, 4) is 0 Å². The van der Waals surface area contributed by atoms with Crippen LogP contribution in [0.4, 0.5) is 0 Å². The van der Waals surface area contributed by atoms with E-state index in [4.69, 9.17) is 4.52 Å². The van der Waals surface area contributed by atoms with Gasteiger partial charge in [-0.25, -0.2) is 8.42 Å². The zero-order chi connectivity index (χ0) is 21.2. The van der Waals surface area contributed by atoms with Crippen LogP contribution >= 0.6 is 0 Å². The van der Waals surface area contributed by atoms with Gasteiger partial charge < -0.3 is 14.7 Å². The smallest absolute Gasteiger partial charge is 0.251 e. The topological polar surface area (TPSA) is 113 Å². The Bertz CT molecular complexity index is 986. The maximum atomic E-state index is 12.8. The fourth-order valence-corrected chi connectivity index (χ4v) is 4.94. The first-order valence-corrected chi connectivity index (χ1v) is 10.7. The van der Waals surface area contributed by atoms with E-state index in [1.165, 1.54) is 4.31 Å². The maximum Gasteiger partial charge on any atom is 0.251 e. The standard InChI is InChI=1S/C19H24N4O5S/c1-13-4-6-16(7-5-13)19(25)20-12-17(24)22-8-10-23(11-9-22)29(26,27)18-14(2)21-28-15(18)3/h4-7H,8-12H2,1-3H3,(H,20,25). The van der Waals surface area contributed by atoms with Crippen molar-refractivity contribution in [2.45, 2.75) is 25.7 Å². The molecule has 0 aliphatic carbocycles. The summed E-state index contributed by atoms with van der Waals surface area (Å²) >= 11 is 0. The van der Waals surface area contributed by atoms with Crippen molar-refractivity contribution < 1.29 is 22.5 Å². The Balaban J connectivity index is 1.54. The van der Waals surface area contributed by atoms with Crippen molar-refractivity contribution in [1.29, 1.82) is 0 Å². The van der Waals surface area contributed by atoms with Crippen LogP contribution in [0, 0.1) is 20.8 Å². The molecule has 0 saturated carbocycles. The van der Waals surface area contributed by atoms with Gasteiger partial charge in [0.25, 0.3) is 5.91 Å². The molecule has 0 radical (unpaired) electrons. The summed E-state index contributed by atoms with van der Waals surface area (Å²) in [7, 11) is -3.73. The molecule has 2 aromatic rings. The molecule has 1 fully saturated rings. The first-order valence-electron chi connectivity index (χ1n) is 9.26. The molecule has 1 aliphatic heterocycles. The first kappa shape index (κ1) is 21.0. The number of aryl methyl sites for hydroxylation is 3. The van der Waals surface area contributed by atoms with Crippen LogP contribution in [-0.2, 0) is 14.8 Å². The minimum Gasteiger partial charge on any atom is -0.360 e. The second-order valence-electron chi connectivity index (χ2n) is 6.99. The van der Waals surface area contributed by atoms with Crippen LogP contribution in [0.25, 0.3) is 0 Å². The molecule has 2 amide bonds. The van der Waals surface area contributed by atoms with E-state index in [1.54, 1.807) is 30.9 Å². The minimum absolute atomic E-state index is 0.0858. The SMILES string of the molecule is Cc1ccc(C(=O)NCC(=O)N2CCN(S(=O)(=O)c3c(C)noc3C)CC2)cc1. The number of rotatable bonds is 5. The second-order valence-corrected chi connectivity index (χ2v) is 8.86. The lowest BCUT2D eigenvalue weighted by atomic mass is 10.1. The summed E-state index contributed by atoms with van der Waals surface area (Å²) in [6.07, 6.45) is 0. The summed E-state index contributed by atoms with van der Waals surface area (Å²) in [5, 5.41) is 6.32. The number of piperazine rings is 1. The van der Waals surface area contributed by atoms with E-state index in [9.17, 15) is 18.0 Å². The molecule has 10 heteroatoms. The van der Waals surface area contributed by atoms with Gasteiger partial charge in [0.1, 0.15) is 10.6 Å². The largest absolute Gasteiger partial charge is 0.360 e. The molecule has 9 nitrogen and oxygen atoms in total. The molecule has 1 saturated heterocycles. The predicted molar refractivity (Wildman–Crippen MR) is 105 cm³/mol. The van der Waals surface area contributed by atoms with Gasteiger partial charge in [-0.15, -0.1) is 0 Å². The molecular weight excluding hydrogens is 396 g/mol. The molecule has 0 unspecified atom stereocenters. The third-order valence-electron chi connectivity index (χ3n) is 4.87. The van der Waals surface area contributed by atoms with Gasteiger partial charge in [0.15, 0.2) is 5.76 Å². The van der Waals surface area contributed by atoms with Gasteiger partial charge in [0.05, 0.1) is 6.54 Å². The van der Waals surface area contributed by atoms with Crippen LogP contribution in [0.3, 0.4) is 0 Å². The number of hydrogen-bond acceptors (Lipinski definition) is 6. The van der Waals surface area contributed by atoms with Crippen LogP contribution in [0.15, 0.2) is 33.7 Å². The zero-order valence-electron chi connectivity index (χ0n) is 16.6. The van der Waals surface area contributed by atoms with E-state index in [0.717, 1.165) is 5.56 Å². The van der Waals surface area contributed by atoms with E-state index in [2.05, 4.69) is 10.5 Å². The lowest BCUT2D eigenvalue weighted by Gasteiger charge is -2.34. The fraction of sp³-hybridized carbons (Fsp3) is 0.421. The lowest BCUT2D eigenvalue weighted by molar-refractivity contribution is -0.131. The van der Waals surface area contributed by atoms with E-state index in [0.29, 0.717) is 11.3 Å². The third kappa shape index (κ3) is 4.48. The molecule has 156 valence electrons. The number of hydrogen-bond donors (Lipinski definition) is 1. The van der Waals surface area contributed by atoms with Gasteiger partial charge in [-0.2, -0.15) is 4.31 Å². The van der Waals surface area contributed by atoms with Crippen molar-refractivity contribution in [2.24, 2.45) is 0 Å². The van der Waals surface area contributed by atoms with Crippen molar-refractivity contribution in [2.75, 3.05) is 32.7 Å². The molecule has 1 aromatic heterocycles. The van der Waals surface area contributed by atoms with Crippen LogP contribution in [0.1, 0.15) is 27.4 Å². The third-order valence-corrected chi connectivity index (χ3v) is 7.01. The van der Waals surface area contributed by atoms with E-state index in [-0.39, 0.29) is 55.2 Å². The Hall–Kier alpha value is -2.72. The number of aromatic nitrogens is 1. The van der Waals surface area contributed by atoms with Crippen LogP contribution in [-0.4, -0.2) is 67.3 Å². The second kappa shape index (κ2) is 8.34. The van der Waals surface area contributed by atoms with E-state index >= 15 is 0 Å². The molecule has 1 N–H and O–H groups in total. The van der Waals surface area contributed by atoms with Gasteiger partial charge >= 0.3 is 0 Å². The molecule has 0 atom stereocenters. The van der Waals surface area contributed by atoms with Gasteiger partial charge in [0, 0.05) is 31.7 Å². The molecule has 1 aliphatic rings. The van der Waals surface area contributed by atoms with Gasteiger partial charge in [0.2, 0.25) is 15.9 Å². The number of amides is 2. The first-order chi connectivity index (χ1) is 13.7. The number of benzene rings is 1. The highest BCUT2D eigenvalue weighted by molar-refractivity contribution is 7.89. The number of carbonyl (C=O) groups is 2. The minimum atomic E-state index is -3.73. The monoisotopic (exact) mass is 420 g/mol. The highest BCUT2D eigenvalue weighted by Crippen LogP contribution is 2.24. The summed E-state index contributed by atoms with van der Waals surface area (Å²) < 4.78 is 32.0. The fourth-order valence-electron chi connectivity index (χ4n) is 3.22. The predicted octanol–water partition coefficient (Wildman–Crippen LogP) is 0.863. The Kier molecular flexibility index (Phi) is 6.04. The molecule has 2 heterocycles. The van der Waals surface area contributed by atoms with Crippen molar-refractivity contribution in [3.05, 3.63) is 46.8 Å². The van der Waals surface area contributed by atoms with Crippen molar-refractivity contribution in [1.82, 2.24) is 19.7 Å². The Morgan fingerprint density at radius 1 is 1.07 bits per heavy atom. The zero-order valence-corrected chi connectivity index (χ0v) is 17.5. The van der Waals surface area contributed by atoms with Gasteiger partial charge in [-0.3, -0.25) is 9.59 Å². The lowest BCUT2D eigenvalue weighted by Crippen LogP contribution is -2.52. The van der Waals surface area contributed by atoms with Crippen LogP contribution in [0.2, 0.25) is 0 Å². The summed E-state index contributed by atoms with van der Waals surface area (Å²) in [6, 6.07) is 7.06. The molecule has 0 spiro atoms. The van der Waals surface area contributed by atoms with Crippen molar-refractivity contribution >= 4 is 21.8 Å². The summed E-state index contributed by atoms with van der Waals surface area (Å²) in [5.74, 6) is -0.322. The Morgan fingerprint density at radius 3 is 2.24 bits per heavy atom.